The number of carbonyl (C=O) groups is 1. The van der Waals surface area contributed by atoms with Crippen molar-refractivity contribution in [2.75, 3.05) is 6.61 Å². The van der Waals surface area contributed by atoms with E-state index in [1.54, 1.807) is 0 Å². The van der Waals surface area contributed by atoms with Gasteiger partial charge in [-0.2, -0.15) is 13.9 Å². The Morgan fingerprint density at radius 1 is 1.23 bits per heavy atom. The highest BCUT2D eigenvalue weighted by Gasteiger charge is 2.43. The molecule has 1 aromatic carbocycles. The SMILES string of the molecule is C[C@@H](NC(=O)c1ccc(=O)[nH]n1)c1cccc(C(F)(F)CO[Si](C)(C)C(C)(C)C)c1F. The fourth-order valence-electron chi connectivity index (χ4n) is 2.55. The van der Waals surface area contributed by atoms with Gasteiger partial charge in [-0.3, -0.25) is 9.59 Å². The van der Waals surface area contributed by atoms with Gasteiger partial charge in [0.2, 0.25) is 0 Å². The maximum Gasteiger partial charge on any atom is 0.297 e. The summed E-state index contributed by atoms with van der Waals surface area (Å²) in [5.74, 6) is -5.32. The number of nitrogens with one attached hydrogen (secondary N) is 2. The predicted molar refractivity (Wildman–Crippen MR) is 114 cm³/mol. The van der Waals surface area contributed by atoms with Gasteiger partial charge in [-0.25, -0.2) is 9.49 Å². The number of amides is 1. The molecular weight excluding hydrogens is 427 g/mol. The fourth-order valence-corrected chi connectivity index (χ4v) is 3.53. The molecule has 0 spiro atoms. The maximum absolute atomic E-state index is 15.0. The zero-order chi connectivity index (χ0) is 23.6. The van der Waals surface area contributed by atoms with Gasteiger partial charge in [-0.1, -0.05) is 32.9 Å². The third kappa shape index (κ3) is 5.82. The van der Waals surface area contributed by atoms with E-state index in [0.717, 1.165) is 12.1 Å². The van der Waals surface area contributed by atoms with Crippen molar-refractivity contribution in [2.24, 2.45) is 0 Å². The van der Waals surface area contributed by atoms with Crippen molar-refractivity contribution < 1.29 is 22.4 Å². The second-order valence-electron chi connectivity index (χ2n) is 8.96. The summed E-state index contributed by atoms with van der Waals surface area (Å²) in [5.41, 5.74) is -1.45. The lowest BCUT2D eigenvalue weighted by atomic mass is 10.0. The molecule has 6 nitrogen and oxygen atoms in total. The second-order valence-corrected chi connectivity index (χ2v) is 13.8. The molecule has 1 aromatic heterocycles. The van der Waals surface area contributed by atoms with Crippen LogP contribution >= 0.6 is 0 Å². The molecule has 2 aromatic rings. The van der Waals surface area contributed by atoms with Gasteiger partial charge in [-0.05, 0) is 37.2 Å². The van der Waals surface area contributed by atoms with Crippen molar-refractivity contribution in [3.63, 3.8) is 0 Å². The number of halogens is 3. The Balaban J connectivity index is 2.22. The first-order chi connectivity index (χ1) is 14.2. The molecule has 31 heavy (non-hydrogen) atoms. The minimum atomic E-state index is -3.54. The molecule has 0 saturated carbocycles. The van der Waals surface area contributed by atoms with Crippen LogP contribution in [0.15, 0.2) is 35.1 Å². The Labute approximate surface area is 180 Å². The smallest absolute Gasteiger partial charge is 0.297 e. The zero-order valence-corrected chi connectivity index (χ0v) is 19.5. The molecule has 10 heteroatoms. The van der Waals surface area contributed by atoms with Crippen LogP contribution in [-0.2, 0) is 10.3 Å². The van der Waals surface area contributed by atoms with Crippen LogP contribution < -0.4 is 10.9 Å². The van der Waals surface area contributed by atoms with Gasteiger partial charge in [0.1, 0.15) is 18.1 Å². The van der Waals surface area contributed by atoms with Crippen LogP contribution in [0.25, 0.3) is 0 Å². The molecule has 0 fully saturated rings. The number of benzene rings is 1. The van der Waals surface area contributed by atoms with E-state index in [9.17, 15) is 18.4 Å². The van der Waals surface area contributed by atoms with Crippen LogP contribution in [0.4, 0.5) is 13.2 Å². The summed E-state index contributed by atoms with van der Waals surface area (Å²) in [6, 6.07) is 5.07. The molecule has 0 bridgehead atoms. The highest BCUT2D eigenvalue weighted by Crippen LogP contribution is 2.39. The summed E-state index contributed by atoms with van der Waals surface area (Å²) in [6.07, 6.45) is 0. The monoisotopic (exact) mass is 455 g/mol. The Morgan fingerprint density at radius 3 is 2.42 bits per heavy atom. The van der Waals surface area contributed by atoms with E-state index in [1.165, 1.54) is 25.1 Å². The number of H-pyrrole nitrogens is 1. The molecule has 0 unspecified atom stereocenters. The van der Waals surface area contributed by atoms with E-state index in [1.807, 2.05) is 33.9 Å². The molecule has 1 amide bonds. The molecule has 0 aliphatic heterocycles. The quantitative estimate of drug-likeness (QED) is 0.602. The van der Waals surface area contributed by atoms with Crippen LogP contribution in [0.3, 0.4) is 0 Å². The molecular formula is C21H28F3N3O3Si. The number of nitrogens with zero attached hydrogens (tertiary/aromatic N) is 1. The Morgan fingerprint density at radius 2 is 1.87 bits per heavy atom. The average molecular weight is 456 g/mol. The highest BCUT2D eigenvalue weighted by molar-refractivity contribution is 6.74. The van der Waals surface area contributed by atoms with Crippen molar-refractivity contribution in [3.8, 4) is 0 Å². The predicted octanol–water partition coefficient (Wildman–Crippen LogP) is 4.51. The lowest BCUT2D eigenvalue weighted by Gasteiger charge is -2.37. The normalized spacial score (nSPS) is 13.7. The van der Waals surface area contributed by atoms with E-state index in [0.29, 0.717) is 0 Å². The molecule has 1 heterocycles. The number of hydrogen-bond donors (Lipinski definition) is 2. The summed E-state index contributed by atoms with van der Waals surface area (Å²) < 4.78 is 50.4. The second kappa shape index (κ2) is 8.95. The molecule has 0 saturated heterocycles. The van der Waals surface area contributed by atoms with Crippen molar-refractivity contribution >= 4 is 14.2 Å². The van der Waals surface area contributed by atoms with E-state index < -0.39 is 49.7 Å². The fraction of sp³-hybridized carbons (Fsp3) is 0.476. The Hall–Kier alpha value is -2.46. The Kier molecular flexibility index (Phi) is 7.16. The Bertz CT molecular complexity index is 983. The number of carbonyl (C=O) groups excluding carboxylic acids is 1. The van der Waals surface area contributed by atoms with E-state index in [4.69, 9.17) is 4.43 Å². The van der Waals surface area contributed by atoms with Gasteiger partial charge >= 0.3 is 0 Å². The standard InChI is InChI=1S/C21H28F3N3O3Si/c1-13(25-19(29)16-10-11-17(28)27-26-16)14-8-7-9-15(18(14)22)21(23,24)12-30-31(5,6)20(2,3)4/h7-11,13H,12H2,1-6H3,(H,25,29)(H,27,28)/t13-/m1/s1. The van der Waals surface area contributed by atoms with Crippen molar-refractivity contribution in [3.05, 3.63) is 63.3 Å². The lowest BCUT2D eigenvalue weighted by Crippen LogP contribution is -2.43. The van der Waals surface area contributed by atoms with Crippen LogP contribution in [0.5, 0.6) is 0 Å². The topological polar surface area (TPSA) is 84.1 Å². The molecule has 0 aliphatic rings. The zero-order valence-electron chi connectivity index (χ0n) is 18.5. The first-order valence-corrected chi connectivity index (χ1v) is 12.7. The van der Waals surface area contributed by atoms with Crippen LogP contribution in [0.1, 0.15) is 55.4 Å². The number of aromatic amines is 1. The summed E-state index contributed by atoms with van der Waals surface area (Å²) in [5, 5.41) is 7.94. The van der Waals surface area contributed by atoms with Gasteiger partial charge in [0.05, 0.1) is 11.6 Å². The van der Waals surface area contributed by atoms with Gasteiger partial charge in [-0.15, -0.1) is 0 Å². The van der Waals surface area contributed by atoms with Crippen LogP contribution in [0.2, 0.25) is 18.1 Å². The van der Waals surface area contributed by atoms with E-state index in [-0.39, 0.29) is 16.3 Å². The molecule has 1 atom stereocenters. The minimum absolute atomic E-state index is 0.0869. The molecule has 170 valence electrons. The maximum atomic E-state index is 15.0. The van der Waals surface area contributed by atoms with Crippen molar-refractivity contribution in [1.29, 1.82) is 0 Å². The van der Waals surface area contributed by atoms with Gasteiger partial charge in [0, 0.05) is 11.6 Å². The van der Waals surface area contributed by atoms with E-state index >= 15 is 4.39 Å². The molecule has 0 radical (unpaired) electrons. The average Bonchev–Trinajstić information content (AvgIpc) is 2.66. The van der Waals surface area contributed by atoms with Gasteiger partial charge in [0.15, 0.2) is 8.32 Å². The number of hydrogen-bond acceptors (Lipinski definition) is 4. The summed E-state index contributed by atoms with van der Waals surface area (Å²) in [4.78, 5) is 23.3. The van der Waals surface area contributed by atoms with Crippen molar-refractivity contribution in [2.45, 2.75) is 57.8 Å². The molecule has 2 rings (SSSR count). The minimum Gasteiger partial charge on any atom is -0.410 e. The summed E-state index contributed by atoms with van der Waals surface area (Å²) in [6.45, 7) is 10.0. The van der Waals surface area contributed by atoms with Crippen molar-refractivity contribution in [1.82, 2.24) is 15.5 Å². The summed E-state index contributed by atoms with van der Waals surface area (Å²) >= 11 is 0. The van der Waals surface area contributed by atoms with E-state index in [2.05, 4.69) is 15.5 Å². The number of aromatic nitrogens is 2. The first-order valence-electron chi connectivity index (χ1n) is 9.83. The number of rotatable bonds is 7. The summed E-state index contributed by atoms with van der Waals surface area (Å²) in [7, 11) is -2.46. The van der Waals surface area contributed by atoms with Gasteiger partial charge in [0.25, 0.3) is 17.4 Å². The number of alkyl halides is 2. The third-order valence-electron chi connectivity index (χ3n) is 5.57. The van der Waals surface area contributed by atoms with Crippen LogP contribution in [-0.4, -0.2) is 31.0 Å². The highest BCUT2D eigenvalue weighted by atomic mass is 28.4. The van der Waals surface area contributed by atoms with Crippen LogP contribution in [0, 0.1) is 5.82 Å². The lowest BCUT2D eigenvalue weighted by molar-refractivity contribution is -0.0537. The molecule has 0 aliphatic carbocycles. The largest absolute Gasteiger partial charge is 0.410 e. The molecule has 2 N–H and O–H groups in total. The van der Waals surface area contributed by atoms with Gasteiger partial charge < -0.3 is 9.74 Å². The third-order valence-corrected chi connectivity index (χ3v) is 10.0. The first kappa shape index (κ1) is 24.8.